The third-order valence-corrected chi connectivity index (χ3v) is 8.69. The van der Waals surface area contributed by atoms with Gasteiger partial charge in [0, 0.05) is 50.9 Å². The van der Waals surface area contributed by atoms with E-state index in [-0.39, 0.29) is 17.9 Å². The molecule has 164 valence electrons. The average molecular weight is 463 g/mol. The Morgan fingerprint density at radius 3 is 2.68 bits per heavy atom. The Bertz CT molecular complexity index is 1180. The van der Waals surface area contributed by atoms with Gasteiger partial charge in [0.15, 0.2) is 0 Å². The number of ether oxygens (including phenoxy) is 1. The maximum atomic E-state index is 12.3. The predicted octanol–water partition coefficient (Wildman–Crippen LogP) is 3.15. The fourth-order valence-corrected chi connectivity index (χ4v) is 6.41. The van der Waals surface area contributed by atoms with Crippen LogP contribution in [0.3, 0.4) is 0 Å². The molecule has 10 heteroatoms. The van der Waals surface area contributed by atoms with E-state index in [2.05, 4.69) is 15.2 Å². The number of pyridine rings is 1. The lowest BCUT2D eigenvalue weighted by Crippen LogP contribution is -2.51. The summed E-state index contributed by atoms with van der Waals surface area (Å²) in [6.07, 6.45) is 4.41. The Labute approximate surface area is 186 Å². The number of fused-ring (bicyclic) bond motifs is 1. The summed E-state index contributed by atoms with van der Waals surface area (Å²) >= 11 is 6.60. The van der Waals surface area contributed by atoms with Crippen LogP contribution >= 0.6 is 11.6 Å². The van der Waals surface area contributed by atoms with Crippen LogP contribution in [-0.2, 0) is 20.5 Å². The SMILES string of the molecule is C[C@@H]1NC(=O)OC12CCN(c1c(Cl)cncc1-c1ccc3c(c1)CS(=O)(=O)N3C)CC2. The van der Waals surface area contributed by atoms with Crippen molar-refractivity contribution in [3.05, 3.63) is 41.2 Å². The van der Waals surface area contributed by atoms with E-state index in [4.69, 9.17) is 16.3 Å². The molecule has 0 unspecified atom stereocenters. The summed E-state index contributed by atoms with van der Waals surface area (Å²) in [5.74, 6) is -0.0154. The highest BCUT2D eigenvalue weighted by atomic mass is 35.5. The van der Waals surface area contributed by atoms with Crippen LogP contribution in [0.5, 0.6) is 0 Å². The summed E-state index contributed by atoms with van der Waals surface area (Å²) in [6, 6.07) is 5.61. The highest BCUT2D eigenvalue weighted by molar-refractivity contribution is 7.92. The number of carbonyl (C=O) groups is 1. The van der Waals surface area contributed by atoms with Gasteiger partial charge in [-0.1, -0.05) is 17.7 Å². The van der Waals surface area contributed by atoms with Gasteiger partial charge in [-0.2, -0.15) is 0 Å². The first-order chi connectivity index (χ1) is 14.7. The molecular weight excluding hydrogens is 440 g/mol. The normalized spacial score (nSPS) is 23.6. The van der Waals surface area contributed by atoms with Crippen LogP contribution in [0, 0.1) is 0 Å². The second-order valence-electron chi connectivity index (χ2n) is 8.39. The second-order valence-corrected chi connectivity index (χ2v) is 10.8. The molecule has 0 saturated carbocycles. The van der Waals surface area contributed by atoms with E-state index in [1.807, 2.05) is 25.1 Å². The van der Waals surface area contributed by atoms with Gasteiger partial charge in [0.05, 0.1) is 28.2 Å². The number of sulfonamides is 1. The number of benzene rings is 1. The van der Waals surface area contributed by atoms with Crippen LogP contribution in [0.25, 0.3) is 11.1 Å². The van der Waals surface area contributed by atoms with Crippen molar-refractivity contribution in [2.75, 3.05) is 29.3 Å². The largest absolute Gasteiger partial charge is 0.441 e. The second kappa shape index (κ2) is 7.00. The number of rotatable bonds is 2. The van der Waals surface area contributed by atoms with Crippen molar-refractivity contribution in [3.8, 4) is 11.1 Å². The zero-order chi connectivity index (χ0) is 22.0. The molecule has 0 radical (unpaired) electrons. The molecule has 0 bridgehead atoms. The van der Waals surface area contributed by atoms with E-state index in [0.29, 0.717) is 36.6 Å². The number of carbonyl (C=O) groups excluding carboxylic acids is 1. The number of hydrogen-bond donors (Lipinski definition) is 1. The van der Waals surface area contributed by atoms with Crippen molar-refractivity contribution in [2.45, 2.75) is 37.2 Å². The Kier molecular flexibility index (Phi) is 4.60. The fourth-order valence-electron chi connectivity index (χ4n) is 4.83. The van der Waals surface area contributed by atoms with Gasteiger partial charge in [0.2, 0.25) is 10.0 Å². The number of hydrogen-bond acceptors (Lipinski definition) is 6. The highest BCUT2D eigenvalue weighted by Gasteiger charge is 2.48. The molecule has 1 aromatic carbocycles. The number of amides is 1. The highest BCUT2D eigenvalue weighted by Crippen LogP contribution is 2.43. The molecule has 1 atom stereocenters. The van der Waals surface area contributed by atoms with Crippen LogP contribution in [0.1, 0.15) is 25.3 Å². The van der Waals surface area contributed by atoms with Crippen LogP contribution in [0.4, 0.5) is 16.2 Å². The summed E-state index contributed by atoms with van der Waals surface area (Å²) in [5.41, 5.74) is 3.57. The first kappa shape index (κ1) is 20.4. The van der Waals surface area contributed by atoms with Gasteiger partial charge in [0.25, 0.3) is 0 Å². The maximum Gasteiger partial charge on any atom is 0.408 e. The van der Waals surface area contributed by atoms with Gasteiger partial charge in [-0.25, -0.2) is 13.2 Å². The Morgan fingerprint density at radius 1 is 1.26 bits per heavy atom. The van der Waals surface area contributed by atoms with E-state index < -0.39 is 15.6 Å². The Hall–Kier alpha value is -2.52. The minimum Gasteiger partial charge on any atom is -0.441 e. The molecule has 2 fully saturated rings. The third-order valence-electron chi connectivity index (χ3n) is 6.70. The number of alkyl carbamates (subject to hydrolysis) is 1. The number of halogens is 1. The molecule has 3 aliphatic heterocycles. The number of nitrogens with zero attached hydrogens (tertiary/aromatic N) is 3. The van der Waals surface area contributed by atoms with Crippen molar-refractivity contribution in [2.24, 2.45) is 0 Å². The van der Waals surface area contributed by atoms with E-state index >= 15 is 0 Å². The van der Waals surface area contributed by atoms with Gasteiger partial charge >= 0.3 is 6.09 Å². The molecule has 31 heavy (non-hydrogen) atoms. The molecule has 5 rings (SSSR count). The quantitative estimate of drug-likeness (QED) is 0.737. The summed E-state index contributed by atoms with van der Waals surface area (Å²) in [5, 5.41) is 3.38. The molecule has 4 heterocycles. The molecule has 8 nitrogen and oxygen atoms in total. The molecule has 1 spiro atoms. The van der Waals surface area contributed by atoms with Crippen molar-refractivity contribution >= 4 is 39.1 Å². The molecule has 3 aliphatic rings. The Balaban J connectivity index is 1.48. The zero-order valence-corrected chi connectivity index (χ0v) is 18.8. The summed E-state index contributed by atoms with van der Waals surface area (Å²) in [4.78, 5) is 18.2. The topological polar surface area (TPSA) is 91.8 Å². The first-order valence-electron chi connectivity index (χ1n) is 10.2. The minimum atomic E-state index is -3.31. The van der Waals surface area contributed by atoms with E-state index in [9.17, 15) is 13.2 Å². The standard InChI is InChI=1S/C21H23ClN4O4S/c1-13-21(30-20(27)24-13)5-7-26(8-6-21)19-16(10-23-11-17(19)22)14-3-4-18-15(9-14)12-31(28,29)25(18)2/h3-4,9-11,13H,5-8,12H2,1-2H3,(H,24,27)/t13-/m0/s1. The minimum absolute atomic E-state index is 0.0154. The lowest BCUT2D eigenvalue weighted by Gasteiger charge is -2.41. The van der Waals surface area contributed by atoms with Crippen molar-refractivity contribution in [1.29, 1.82) is 0 Å². The van der Waals surface area contributed by atoms with Gasteiger partial charge in [0.1, 0.15) is 5.60 Å². The molecule has 2 aromatic rings. The lowest BCUT2D eigenvalue weighted by molar-refractivity contribution is 0.0188. The maximum absolute atomic E-state index is 12.3. The Morgan fingerprint density at radius 2 is 2.00 bits per heavy atom. The smallest absolute Gasteiger partial charge is 0.408 e. The molecule has 0 aliphatic carbocycles. The summed E-state index contributed by atoms with van der Waals surface area (Å²) < 4.78 is 31.5. The van der Waals surface area contributed by atoms with Crippen molar-refractivity contribution in [3.63, 3.8) is 0 Å². The van der Waals surface area contributed by atoms with E-state index in [1.165, 1.54) is 4.31 Å². The van der Waals surface area contributed by atoms with Crippen molar-refractivity contribution in [1.82, 2.24) is 10.3 Å². The van der Waals surface area contributed by atoms with Crippen LogP contribution in [0.2, 0.25) is 5.02 Å². The van der Waals surface area contributed by atoms with Crippen LogP contribution in [0.15, 0.2) is 30.6 Å². The van der Waals surface area contributed by atoms with Crippen molar-refractivity contribution < 1.29 is 17.9 Å². The molecule has 1 N–H and O–H groups in total. The number of piperidine rings is 1. The van der Waals surface area contributed by atoms with Crippen LogP contribution < -0.4 is 14.5 Å². The molecule has 1 amide bonds. The fraction of sp³-hybridized carbons (Fsp3) is 0.429. The molecule has 1 aromatic heterocycles. The summed E-state index contributed by atoms with van der Waals surface area (Å²) in [6.45, 7) is 3.33. The van der Waals surface area contributed by atoms with E-state index in [1.54, 1.807) is 19.4 Å². The monoisotopic (exact) mass is 462 g/mol. The molecule has 2 saturated heterocycles. The number of nitrogens with one attached hydrogen (secondary N) is 1. The van der Waals surface area contributed by atoms with Gasteiger partial charge in [-0.15, -0.1) is 0 Å². The summed E-state index contributed by atoms with van der Waals surface area (Å²) in [7, 11) is -1.74. The van der Waals surface area contributed by atoms with E-state index in [0.717, 1.165) is 22.4 Å². The molecular formula is C21H23ClN4O4S. The van der Waals surface area contributed by atoms with Gasteiger partial charge in [-0.05, 0) is 30.2 Å². The number of aromatic nitrogens is 1. The first-order valence-corrected chi connectivity index (χ1v) is 12.2. The van der Waals surface area contributed by atoms with Gasteiger partial charge in [-0.3, -0.25) is 9.29 Å². The predicted molar refractivity (Wildman–Crippen MR) is 119 cm³/mol. The average Bonchev–Trinajstić information content (AvgIpc) is 3.13. The lowest BCUT2D eigenvalue weighted by atomic mass is 9.85. The van der Waals surface area contributed by atoms with Crippen LogP contribution in [-0.4, -0.2) is 51.3 Å². The zero-order valence-electron chi connectivity index (χ0n) is 17.3. The number of anilines is 2. The third kappa shape index (κ3) is 3.22. The van der Waals surface area contributed by atoms with Gasteiger partial charge < -0.3 is 15.0 Å².